The van der Waals surface area contributed by atoms with E-state index in [0.717, 1.165) is 17.7 Å². The number of Topliss-reactive ketones (excluding diaryl/α,β-unsaturated/α-hetero) is 1. The topological polar surface area (TPSA) is 83.9 Å². The highest BCUT2D eigenvalue weighted by molar-refractivity contribution is 6.46. The predicted molar refractivity (Wildman–Crippen MR) is 118 cm³/mol. The van der Waals surface area contributed by atoms with Crippen LogP contribution in [0.2, 0.25) is 0 Å². The number of aliphatic hydroxyl groups excluding tert-OH is 1. The molecule has 1 aliphatic rings. The Labute approximate surface area is 189 Å². The van der Waals surface area contributed by atoms with E-state index in [1.165, 1.54) is 36.3 Å². The number of halogens is 1. The number of methoxy groups -OCH3 is 1. The van der Waals surface area contributed by atoms with Crippen LogP contribution in [0.5, 0.6) is 0 Å². The fourth-order valence-corrected chi connectivity index (χ4v) is 3.85. The molecule has 1 aliphatic heterocycles. The first-order valence-electron chi connectivity index (χ1n) is 10.2. The van der Waals surface area contributed by atoms with Crippen LogP contribution >= 0.6 is 0 Å². The van der Waals surface area contributed by atoms with Gasteiger partial charge in [0.2, 0.25) is 0 Å². The Balaban J connectivity index is 1.84. The summed E-state index contributed by atoms with van der Waals surface area (Å²) in [5.41, 5.74) is 1.75. The van der Waals surface area contributed by atoms with Crippen molar-refractivity contribution in [2.75, 3.05) is 7.11 Å². The smallest absolute Gasteiger partial charge is 0.337 e. The molecule has 1 heterocycles. The number of likely N-dealkylation sites (tertiary alicyclic amines) is 1. The molecule has 1 atom stereocenters. The maximum absolute atomic E-state index is 13.4. The SMILES string of the molecule is COC(=O)c1ccc(C2/C(=C(\O)c3ccc(F)cc3)C(=O)C(=O)N2Cc2ccccc2)cc1. The highest BCUT2D eigenvalue weighted by atomic mass is 19.1. The fourth-order valence-electron chi connectivity index (χ4n) is 3.85. The Bertz CT molecular complexity index is 1230. The van der Waals surface area contributed by atoms with Gasteiger partial charge in [-0.2, -0.15) is 0 Å². The van der Waals surface area contributed by atoms with Crippen molar-refractivity contribution in [3.8, 4) is 0 Å². The molecule has 1 amide bonds. The zero-order valence-electron chi connectivity index (χ0n) is 17.7. The third kappa shape index (κ3) is 4.25. The minimum Gasteiger partial charge on any atom is -0.507 e. The van der Waals surface area contributed by atoms with E-state index in [1.54, 1.807) is 12.1 Å². The number of hydrogen-bond acceptors (Lipinski definition) is 5. The van der Waals surface area contributed by atoms with Crippen molar-refractivity contribution in [2.45, 2.75) is 12.6 Å². The molecule has 0 radical (unpaired) electrons. The molecule has 1 saturated heterocycles. The number of carbonyl (C=O) groups is 3. The molecule has 6 nitrogen and oxygen atoms in total. The number of ketones is 1. The van der Waals surface area contributed by atoms with Crippen molar-refractivity contribution in [2.24, 2.45) is 0 Å². The van der Waals surface area contributed by atoms with E-state index in [-0.39, 0.29) is 17.7 Å². The Morgan fingerprint density at radius 1 is 0.939 bits per heavy atom. The molecule has 0 aliphatic carbocycles. The Kier molecular flexibility index (Phi) is 6.04. The number of hydrogen-bond donors (Lipinski definition) is 1. The van der Waals surface area contributed by atoms with Gasteiger partial charge in [0, 0.05) is 12.1 Å². The van der Waals surface area contributed by atoms with E-state index in [2.05, 4.69) is 0 Å². The molecule has 0 bridgehead atoms. The largest absolute Gasteiger partial charge is 0.507 e. The van der Waals surface area contributed by atoms with Crippen molar-refractivity contribution < 1.29 is 28.6 Å². The van der Waals surface area contributed by atoms with Crippen molar-refractivity contribution in [3.05, 3.63) is 113 Å². The van der Waals surface area contributed by atoms with Gasteiger partial charge in [0.15, 0.2) is 0 Å². The molecule has 1 N–H and O–H groups in total. The summed E-state index contributed by atoms with van der Waals surface area (Å²) in [7, 11) is 1.27. The molecule has 1 unspecified atom stereocenters. The summed E-state index contributed by atoms with van der Waals surface area (Å²) in [5, 5.41) is 11.0. The van der Waals surface area contributed by atoms with Crippen LogP contribution < -0.4 is 0 Å². The second kappa shape index (κ2) is 9.08. The lowest BCUT2D eigenvalue weighted by Crippen LogP contribution is -2.29. The lowest BCUT2D eigenvalue weighted by atomic mass is 9.94. The molecule has 0 aromatic heterocycles. The average molecular weight is 445 g/mol. The number of aliphatic hydroxyl groups is 1. The van der Waals surface area contributed by atoms with Crippen molar-refractivity contribution in [1.29, 1.82) is 0 Å². The molecule has 0 saturated carbocycles. The molecule has 166 valence electrons. The van der Waals surface area contributed by atoms with Crippen LogP contribution in [0.4, 0.5) is 4.39 Å². The molecule has 1 fully saturated rings. The highest BCUT2D eigenvalue weighted by Gasteiger charge is 2.46. The van der Waals surface area contributed by atoms with Gasteiger partial charge in [-0.25, -0.2) is 9.18 Å². The molecule has 3 aromatic rings. The molecule has 33 heavy (non-hydrogen) atoms. The van der Waals surface area contributed by atoms with Gasteiger partial charge in [-0.1, -0.05) is 42.5 Å². The van der Waals surface area contributed by atoms with Crippen molar-refractivity contribution in [3.63, 3.8) is 0 Å². The molecule has 0 spiro atoms. The van der Waals surface area contributed by atoms with E-state index in [1.807, 2.05) is 30.3 Å². The van der Waals surface area contributed by atoms with E-state index < -0.39 is 35.3 Å². The number of carbonyl (C=O) groups excluding carboxylic acids is 3. The predicted octanol–water partition coefficient (Wildman–Crippen LogP) is 4.23. The van der Waals surface area contributed by atoms with E-state index >= 15 is 0 Å². The summed E-state index contributed by atoms with van der Waals surface area (Å²) in [6.45, 7) is 0.134. The van der Waals surface area contributed by atoms with E-state index in [9.17, 15) is 23.9 Å². The minimum absolute atomic E-state index is 0.103. The second-order valence-electron chi connectivity index (χ2n) is 7.53. The first-order valence-corrected chi connectivity index (χ1v) is 10.2. The van der Waals surface area contributed by atoms with Crippen LogP contribution in [0.25, 0.3) is 5.76 Å². The Morgan fingerprint density at radius 2 is 1.55 bits per heavy atom. The normalized spacial score (nSPS) is 17.3. The standard InChI is InChI=1S/C26H20FNO5/c1-33-26(32)19-9-7-17(8-10-19)22-21(23(29)18-11-13-20(27)14-12-18)24(30)25(31)28(22)15-16-5-3-2-4-6-16/h2-14,22,29H,15H2,1H3/b23-21+. The lowest BCUT2D eigenvalue weighted by molar-refractivity contribution is -0.140. The number of rotatable bonds is 5. The maximum Gasteiger partial charge on any atom is 0.337 e. The fraction of sp³-hybridized carbons (Fsp3) is 0.115. The molecule has 4 rings (SSSR count). The number of esters is 1. The van der Waals surface area contributed by atoms with Crippen LogP contribution in [-0.2, 0) is 20.9 Å². The minimum atomic E-state index is -0.901. The Hall–Kier alpha value is -4.26. The summed E-state index contributed by atoms with van der Waals surface area (Å²) in [5.74, 6) is -3.01. The third-order valence-corrected chi connectivity index (χ3v) is 5.50. The van der Waals surface area contributed by atoms with Gasteiger partial charge in [-0.15, -0.1) is 0 Å². The summed E-state index contributed by atoms with van der Waals surface area (Å²) in [6, 6.07) is 19.5. The van der Waals surface area contributed by atoms with E-state index in [0.29, 0.717) is 11.1 Å². The molecule has 3 aromatic carbocycles. The molecular weight excluding hydrogens is 425 g/mol. The number of nitrogens with zero attached hydrogens (tertiary/aromatic N) is 1. The van der Waals surface area contributed by atoms with Gasteiger partial charge in [0.05, 0.1) is 24.3 Å². The zero-order valence-corrected chi connectivity index (χ0v) is 17.7. The number of ether oxygens (including phenoxy) is 1. The summed E-state index contributed by atoms with van der Waals surface area (Å²) in [6.07, 6.45) is 0. The first kappa shape index (κ1) is 22.0. The Morgan fingerprint density at radius 3 is 2.15 bits per heavy atom. The van der Waals surface area contributed by atoms with Gasteiger partial charge >= 0.3 is 5.97 Å². The van der Waals surface area contributed by atoms with Gasteiger partial charge in [-0.05, 0) is 47.5 Å². The van der Waals surface area contributed by atoms with Crippen LogP contribution in [0, 0.1) is 5.82 Å². The van der Waals surface area contributed by atoms with E-state index in [4.69, 9.17) is 4.74 Å². The highest BCUT2D eigenvalue weighted by Crippen LogP contribution is 2.40. The van der Waals surface area contributed by atoms with Crippen LogP contribution in [0.3, 0.4) is 0 Å². The second-order valence-corrected chi connectivity index (χ2v) is 7.53. The summed E-state index contributed by atoms with van der Waals surface area (Å²) >= 11 is 0. The number of benzene rings is 3. The molecule has 7 heteroatoms. The monoisotopic (exact) mass is 445 g/mol. The van der Waals surface area contributed by atoms with Gasteiger partial charge in [-0.3, -0.25) is 9.59 Å². The van der Waals surface area contributed by atoms with Crippen molar-refractivity contribution >= 4 is 23.4 Å². The quantitative estimate of drug-likeness (QED) is 0.275. The maximum atomic E-state index is 13.4. The van der Waals surface area contributed by atoms with Gasteiger partial charge in [0.25, 0.3) is 11.7 Å². The van der Waals surface area contributed by atoms with Crippen LogP contribution in [-0.4, -0.2) is 34.8 Å². The third-order valence-electron chi connectivity index (χ3n) is 5.50. The lowest BCUT2D eigenvalue weighted by Gasteiger charge is -2.25. The van der Waals surface area contributed by atoms with Gasteiger partial charge in [0.1, 0.15) is 11.6 Å². The average Bonchev–Trinajstić information content (AvgIpc) is 3.09. The van der Waals surface area contributed by atoms with Crippen LogP contribution in [0.15, 0.2) is 84.4 Å². The molecular formula is C26H20FNO5. The number of amides is 1. The first-order chi connectivity index (χ1) is 15.9. The van der Waals surface area contributed by atoms with Crippen molar-refractivity contribution in [1.82, 2.24) is 4.90 Å². The van der Waals surface area contributed by atoms with Gasteiger partial charge < -0.3 is 14.7 Å². The van der Waals surface area contributed by atoms with Crippen LogP contribution in [0.1, 0.15) is 33.1 Å². The summed E-state index contributed by atoms with van der Waals surface area (Å²) < 4.78 is 18.1. The summed E-state index contributed by atoms with van der Waals surface area (Å²) in [4.78, 5) is 39.2. The zero-order chi connectivity index (χ0) is 23.5.